The number of nitrogens with zero attached hydrogens (tertiary/aromatic N) is 2. The summed E-state index contributed by atoms with van der Waals surface area (Å²) in [5, 5.41) is 0. The molecule has 9 heteroatoms. The SMILES string of the molecule is CC(c1cccc(C(F)(F)F)c1)N(CC(=O)N(C1CCCC1)C1CCS(=O)(=O)C1)C1CC1. The van der Waals surface area contributed by atoms with Gasteiger partial charge in [0.2, 0.25) is 5.91 Å². The van der Waals surface area contributed by atoms with Gasteiger partial charge in [0.05, 0.1) is 23.6 Å². The van der Waals surface area contributed by atoms with Gasteiger partial charge in [-0.3, -0.25) is 9.69 Å². The molecular weight excluding hydrogens is 441 g/mol. The highest BCUT2D eigenvalue weighted by Gasteiger charge is 2.42. The molecule has 0 bridgehead atoms. The van der Waals surface area contributed by atoms with Gasteiger partial charge in [-0.1, -0.05) is 25.0 Å². The Morgan fingerprint density at radius 3 is 2.31 bits per heavy atom. The van der Waals surface area contributed by atoms with E-state index in [-0.39, 0.29) is 48.1 Å². The average Bonchev–Trinajstić information content (AvgIpc) is 3.31. The Hall–Kier alpha value is -1.61. The van der Waals surface area contributed by atoms with Crippen molar-refractivity contribution in [2.45, 2.75) is 82.2 Å². The molecule has 0 aromatic heterocycles. The molecule has 1 aliphatic heterocycles. The minimum atomic E-state index is -4.41. The second-order valence-corrected chi connectivity index (χ2v) is 11.7. The molecule has 0 spiro atoms. The van der Waals surface area contributed by atoms with Crippen LogP contribution in [0.3, 0.4) is 0 Å². The summed E-state index contributed by atoms with van der Waals surface area (Å²) in [6.45, 7) is 1.95. The standard InChI is InChI=1S/C23H31F3N2O3S/c1-16(17-5-4-6-18(13-17)23(24,25)26)27(19-9-10-19)14-22(29)28(20-7-2-3-8-20)21-11-12-32(30,31)15-21/h4-6,13,16,19-21H,2-3,7-12,14-15H2,1H3. The lowest BCUT2D eigenvalue weighted by atomic mass is 10.0. The minimum absolute atomic E-state index is 0.0157. The van der Waals surface area contributed by atoms with E-state index >= 15 is 0 Å². The van der Waals surface area contributed by atoms with E-state index in [1.807, 2.05) is 16.7 Å². The highest BCUT2D eigenvalue weighted by atomic mass is 32.2. The zero-order valence-corrected chi connectivity index (χ0v) is 19.2. The Balaban J connectivity index is 1.54. The first kappa shape index (κ1) is 23.5. The Morgan fingerprint density at radius 1 is 1.06 bits per heavy atom. The summed E-state index contributed by atoms with van der Waals surface area (Å²) < 4.78 is 63.8. The number of benzene rings is 1. The molecule has 1 saturated heterocycles. The van der Waals surface area contributed by atoms with Crippen LogP contribution in [0.15, 0.2) is 24.3 Å². The van der Waals surface area contributed by atoms with Gasteiger partial charge in [0.25, 0.3) is 0 Å². The fourth-order valence-electron chi connectivity index (χ4n) is 5.28. The van der Waals surface area contributed by atoms with Crippen LogP contribution in [0.25, 0.3) is 0 Å². The number of rotatable bonds is 7. The fraction of sp³-hybridized carbons (Fsp3) is 0.696. The normalized spacial score (nSPS) is 24.7. The van der Waals surface area contributed by atoms with Crippen LogP contribution in [0.1, 0.15) is 69.0 Å². The van der Waals surface area contributed by atoms with Crippen LogP contribution >= 0.6 is 0 Å². The topological polar surface area (TPSA) is 57.7 Å². The van der Waals surface area contributed by atoms with Crippen molar-refractivity contribution in [1.82, 2.24) is 9.80 Å². The van der Waals surface area contributed by atoms with Gasteiger partial charge < -0.3 is 4.90 Å². The Bertz CT molecular complexity index is 940. The van der Waals surface area contributed by atoms with Crippen molar-refractivity contribution >= 4 is 15.7 Å². The molecule has 2 atom stereocenters. The summed E-state index contributed by atoms with van der Waals surface area (Å²) >= 11 is 0. The van der Waals surface area contributed by atoms with Crippen molar-refractivity contribution in [1.29, 1.82) is 0 Å². The third-order valence-corrected chi connectivity index (χ3v) is 8.89. The third kappa shape index (κ3) is 5.30. The molecule has 178 valence electrons. The first-order valence-electron chi connectivity index (χ1n) is 11.5. The van der Waals surface area contributed by atoms with Gasteiger partial charge in [0.15, 0.2) is 9.84 Å². The van der Waals surface area contributed by atoms with Gasteiger partial charge in [-0.05, 0) is 56.7 Å². The van der Waals surface area contributed by atoms with E-state index in [2.05, 4.69) is 0 Å². The van der Waals surface area contributed by atoms with E-state index in [1.54, 1.807) is 6.07 Å². The van der Waals surface area contributed by atoms with Gasteiger partial charge in [-0.2, -0.15) is 13.2 Å². The molecule has 2 unspecified atom stereocenters. The lowest BCUT2D eigenvalue weighted by Crippen LogP contribution is -2.51. The van der Waals surface area contributed by atoms with Crippen molar-refractivity contribution in [3.05, 3.63) is 35.4 Å². The van der Waals surface area contributed by atoms with Crippen LogP contribution < -0.4 is 0 Å². The minimum Gasteiger partial charge on any atom is -0.335 e. The van der Waals surface area contributed by atoms with Crippen LogP contribution in [0.2, 0.25) is 0 Å². The zero-order valence-electron chi connectivity index (χ0n) is 18.4. The zero-order chi connectivity index (χ0) is 23.1. The monoisotopic (exact) mass is 472 g/mol. The largest absolute Gasteiger partial charge is 0.416 e. The van der Waals surface area contributed by atoms with Crippen LogP contribution in [-0.4, -0.2) is 60.3 Å². The molecule has 2 aliphatic carbocycles. The lowest BCUT2D eigenvalue weighted by Gasteiger charge is -2.37. The summed E-state index contributed by atoms with van der Waals surface area (Å²) in [4.78, 5) is 17.4. The predicted molar refractivity (Wildman–Crippen MR) is 116 cm³/mol. The smallest absolute Gasteiger partial charge is 0.335 e. The fourth-order valence-corrected chi connectivity index (χ4v) is 6.99. The van der Waals surface area contributed by atoms with E-state index in [9.17, 15) is 26.4 Å². The predicted octanol–water partition coefficient (Wildman–Crippen LogP) is 4.19. The van der Waals surface area contributed by atoms with Crippen molar-refractivity contribution in [3.63, 3.8) is 0 Å². The van der Waals surface area contributed by atoms with Crippen LogP contribution in [0, 0.1) is 0 Å². The Labute approximate surface area is 187 Å². The number of hydrogen-bond acceptors (Lipinski definition) is 4. The van der Waals surface area contributed by atoms with Gasteiger partial charge in [-0.15, -0.1) is 0 Å². The number of halogens is 3. The summed E-state index contributed by atoms with van der Waals surface area (Å²) in [5.41, 5.74) is -0.150. The highest BCUT2D eigenvalue weighted by Crippen LogP contribution is 2.37. The molecule has 1 aromatic rings. The third-order valence-electron chi connectivity index (χ3n) is 7.14. The number of amides is 1. The van der Waals surface area contributed by atoms with E-state index in [1.165, 1.54) is 12.1 Å². The van der Waals surface area contributed by atoms with Gasteiger partial charge in [0, 0.05) is 24.2 Å². The maximum atomic E-state index is 13.5. The molecule has 1 amide bonds. The number of alkyl halides is 3. The van der Waals surface area contributed by atoms with Crippen molar-refractivity contribution in [2.75, 3.05) is 18.1 Å². The second kappa shape index (κ2) is 8.97. The van der Waals surface area contributed by atoms with Gasteiger partial charge in [0.1, 0.15) is 0 Å². The molecule has 1 heterocycles. The number of sulfone groups is 1. The van der Waals surface area contributed by atoms with E-state index < -0.39 is 21.6 Å². The van der Waals surface area contributed by atoms with Gasteiger partial charge >= 0.3 is 6.18 Å². The van der Waals surface area contributed by atoms with Gasteiger partial charge in [-0.25, -0.2) is 8.42 Å². The number of carbonyl (C=O) groups is 1. The molecule has 1 aromatic carbocycles. The number of hydrogen-bond donors (Lipinski definition) is 0. The molecule has 3 aliphatic rings. The number of carbonyl (C=O) groups excluding carboxylic acids is 1. The maximum Gasteiger partial charge on any atom is 0.416 e. The second-order valence-electron chi connectivity index (χ2n) is 9.50. The first-order valence-corrected chi connectivity index (χ1v) is 13.3. The quantitative estimate of drug-likeness (QED) is 0.597. The van der Waals surface area contributed by atoms with Crippen LogP contribution in [0.5, 0.6) is 0 Å². The Kier molecular flexibility index (Phi) is 6.60. The van der Waals surface area contributed by atoms with E-state index in [0.29, 0.717) is 12.0 Å². The molecule has 32 heavy (non-hydrogen) atoms. The summed E-state index contributed by atoms with van der Waals surface area (Å²) in [5.74, 6) is 0.0351. The molecule has 3 fully saturated rings. The lowest BCUT2D eigenvalue weighted by molar-refractivity contribution is -0.139. The molecule has 4 rings (SSSR count). The highest BCUT2D eigenvalue weighted by molar-refractivity contribution is 7.91. The molecule has 0 N–H and O–H groups in total. The molecule has 5 nitrogen and oxygen atoms in total. The van der Waals surface area contributed by atoms with Crippen LogP contribution in [0.4, 0.5) is 13.2 Å². The van der Waals surface area contributed by atoms with Crippen molar-refractivity contribution in [3.8, 4) is 0 Å². The Morgan fingerprint density at radius 2 is 1.75 bits per heavy atom. The summed E-state index contributed by atoms with van der Waals surface area (Å²) in [6.07, 6.45) is 1.71. The van der Waals surface area contributed by atoms with Crippen molar-refractivity contribution < 1.29 is 26.4 Å². The van der Waals surface area contributed by atoms with E-state index in [0.717, 1.165) is 44.6 Å². The maximum absolute atomic E-state index is 13.5. The summed E-state index contributed by atoms with van der Waals surface area (Å²) in [6, 6.07) is 4.92. The van der Waals surface area contributed by atoms with Crippen molar-refractivity contribution in [2.24, 2.45) is 0 Å². The summed E-state index contributed by atoms with van der Waals surface area (Å²) in [7, 11) is -3.13. The van der Waals surface area contributed by atoms with E-state index in [4.69, 9.17) is 0 Å². The van der Waals surface area contributed by atoms with Crippen LogP contribution in [-0.2, 0) is 20.8 Å². The molecule has 2 saturated carbocycles. The average molecular weight is 473 g/mol. The molecule has 0 radical (unpaired) electrons. The first-order chi connectivity index (χ1) is 15.0. The molecular formula is C23H31F3N2O3S.